The average molecular weight is 252 g/mol. The van der Waals surface area contributed by atoms with Crippen LogP contribution >= 0.6 is 0 Å². The number of methoxy groups -OCH3 is 1. The Labute approximate surface area is 99.6 Å². The molecule has 0 amide bonds. The largest absolute Gasteiger partial charge is 0.495 e. The topological polar surface area (TPSA) is 61.2 Å². The van der Waals surface area contributed by atoms with Gasteiger partial charge in [-0.2, -0.15) is 0 Å². The molecule has 1 aromatic carbocycles. The first kappa shape index (κ1) is 11.7. The second-order valence-electron chi connectivity index (χ2n) is 3.52. The van der Waals surface area contributed by atoms with E-state index in [0.29, 0.717) is 11.4 Å². The summed E-state index contributed by atoms with van der Waals surface area (Å²) < 4.78 is 29.8. The van der Waals surface area contributed by atoms with Crippen LogP contribution in [0, 0.1) is 0 Å². The van der Waals surface area contributed by atoms with Crippen LogP contribution in [0.2, 0.25) is 0 Å². The molecule has 0 aliphatic rings. The van der Waals surface area contributed by atoms with Crippen LogP contribution in [0.25, 0.3) is 5.69 Å². The molecule has 0 fully saturated rings. The molecule has 0 spiro atoms. The molecule has 0 N–H and O–H groups in total. The summed E-state index contributed by atoms with van der Waals surface area (Å²) in [6.45, 7) is 0. The van der Waals surface area contributed by atoms with Crippen LogP contribution in [0.1, 0.15) is 0 Å². The lowest BCUT2D eigenvalue weighted by atomic mass is 10.3. The number of sulfone groups is 1. The van der Waals surface area contributed by atoms with Crippen LogP contribution in [0.5, 0.6) is 5.75 Å². The predicted octanol–water partition coefficient (Wildman–Crippen LogP) is 1.28. The molecule has 0 aliphatic heterocycles. The van der Waals surface area contributed by atoms with Crippen LogP contribution in [0.3, 0.4) is 0 Å². The molecule has 0 bridgehead atoms. The summed E-state index contributed by atoms with van der Waals surface area (Å²) in [6, 6.07) is 7.17. The Hall–Kier alpha value is -1.82. The molecular formula is C11H12N2O3S. The third-order valence-electron chi connectivity index (χ3n) is 2.28. The number of hydrogen-bond acceptors (Lipinski definition) is 4. The summed E-state index contributed by atoms with van der Waals surface area (Å²) in [4.78, 5) is 3.86. The van der Waals surface area contributed by atoms with Gasteiger partial charge >= 0.3 is 0 Å². The number of imidazole rings is 1. The van der Waals surface area contributed by atoms with Gasteiger partial charge in [0.25, 0.3) is 0 Å². The zero-order chi connectivity index (χ0) is 12.5. The van der Waals surface area contributed by atoms with Gasteiger partial charge in [-0.25, -0.2) is 13.4 Å². The Morgan fingerprint density at radius 3 is 2.65 bits per heavy atom. The van der Waals surface area contributed by atoms with Crippen molar-refractivity contribution in [3.63, 3.8) is 0 Å². The molecule has 2 rings (SSSR count). The van der Waals surface area contributed by atoms with Gasteiger partial charge < -0.3 is 4.74 Å². The summed E-state index contributed by atoms with van der Waals surface area (Å²) in [6.07, 6.45) is 4.16. The number of para-hydroxylation sites is 2. The Balaban J connectivity index is 2.66. The normalized spacial score (nSPS) is 11.4. The summed E-state index contributed by atoms with van der Waals surface area (Å²) >= 11 is 0. The van der Waals surface area contributed by atoms with E-state index in [1.54, 1.807) is 18.3 Å². The maximum Gasteiger partial charge on any atom is 0.232 e. The first-order valence-electron chi connectivity index (χ1n) is 4.91. The van der Waals surface area contributed by atoms with Crippen molar-refractivity contribution < 1.29 is 13.2 Å². The second kappa shape index (κ2) is 4.21. The molecule has 1 heterocycles. The van der Waals surface area contributed by atoms with Gasteiger partial charge in [-0.3, -0.25) is 4.57 Å². The SMILES string of the molecule is COc1ccccc1-n1ccnc1S(C)(=O)=O. The second-order valence-corrected chi connectivity index (χ2v) is 5.43. The predicted molar refractivity (Wildman–Crippen MR) is 63.2 cm³/mol. The fourth-order valence-electron chi connectivity index (χ4n) is 1.58. The van der Waals surface area contributed by atoms with Crippen LogP contribution in [-0.2, 0) is 9.84 Å². The number of benzene rings is 1. The van der Waals surface area contributed by atoms with Gasteiger partial charge in [-0.05, 0) is 12.1 Å². The van der Waals surface area contributed by atoms with Crippen molar-refractivity contribution in [3.05, 3.63) is 36.7 Å². The van der Waals surface area contributed by atoms with Gasteiger partial charge in [-0.1, -0.05) is 12.1 Å². The summed E-state index contributed by atoms with van der Waals surface area (Å²) in [7, 11) is -1.83. The van der Waals surface area contributed by atoms with Crippen molar-refractivity contribution in [2.45, 2.75) is 5.16 Å². The van der Waals surface area contributed by atoms with Crippen molar-refractivity contribution in [2.24, 2.45) is 0 Å². The molecule has 90 valence electrons. The van der Waals surface area contributed by atoms with E-state index in [9.17, 15) is 8.42 Å². The lowest BCUT2D eigenvalue weighted by Gasteiger charge is -2.10. The zero-order valence-corrected chi connectivity index (χ0v) is 10.3. The Kier molecular flexibility index (Phi) is 2.89. The Morgan fingerprint density at radius 2 is 2.00 bits per heavy atom. The lowest BCUT2D eigenvalue weighted by molar-refractivity contribution is 0.412. The van der Waals surface area contributed by atoms with Gasteiger partial charge in [0.05, 0.1) is 12.8 Å². The average Bonchev–Trinajstić information content (AvgIpc) is 2.77. The number of rotatable bonds is 3. The maximum atomic E-state index is 11.6. The molecule has 1 aromatic heterocycles. The highest BCUT2D eigenvalue weighted by atomic mass is 32.2. The van der Waals surface area contributed by atoms with E-state index in [1.165, 1.54) is 17.9 Å². The van der Waals surface area contributed by atoms with Crippen molar-refractivity contribution >= 4 is 9.84 Å². The highest BCUT2D eigenvalue weighted by Crippen LogP contribution is 2.24. The number of ether oxygens (including phenoxy) is 1. The minimum atomic E-state index is -3.37. The van der Waals surface area contributed by atoms with Gasteiger partial charge in [-0.15, -0.1) is 0 Å². The van der Waals surface area contributed by atoms with Gasteiger partial charge in [0.2, 0.25) is 15.0 Å². The smallest absolute Gasteiger partial charge is 0.232 e. The first-order chi connectivity index (χ1) is 8.04. The zero-order valence-electron chi connectivity index (χ0n) is 9.49. The number of aromatic nitrogens is 2. The number of nitrogens with zero attached hydrogens (tertiary/aromatic N) is 2. The van der Waals surface area contributed by atoms with E-state index in [0.717, 1.165) is 6.26 Å². The van der Waals surface area contributed by atoms with Crippen molar-refractivity contribution in [1.29, 1.82) is 0 Å². The Morgan fingerprint density at radius 1 is 1.29 bits per heavy atom. The Bertz CT molecular complexity index is 632. The minimum Gasteiger partial charge on any atom is -0.495 e. The van der Waals surface area contributed by atoms with Crippen LogP contribution < -0.4 is 4.74 Å². The van der Waals surface area contributed by atoms with E-state index in [4.69, 9.17) is 4.74 Å². The lowest BCUT2D eigenvalue weighted by Crippen LogP contribution is -2.08. The maximum absolute atomic E-state index is 11.6. The molecule has 0 saturated carbocycles. The fourth-order valence-corrected chi connectivity index (χ4v) is 2.35. The van der Waals surface area contributed by atoms with Crippen molar-refractivity contribution in [1.82, 2.24) is 9.55 Å². The van der Waals surface area contributed by atoms with Crippen LogP contribution in [-0.4, -0.2) is 31.3 Å². The number of hydrogen-bond donors (Lipinski definition) is 0. The quantitative estimate of drug-likeness (QED) is 0.825. The van der Waals surface area contributed by atoms with Gasteiger partial charge in [0, 0.05) is 18.6 Å². The summed E-state index contributed by atoms with van der Waals surface area (Å²) in [5, 5.41) is 0.00185. The van der Waals surface area contributed by atoms with E-state index in [1.807, 2.05) is 12.1 Å². The van der Waals surface area contributed by atoms with Gasteiger partial charge in [0.1, 0.15) is 5.75 Å². The molecule has 17 heavy (non-hydrogen) atoms. The van der Waals surface area contributed by atoms with E-state index < -0.39 is 9.84 Å². The molecule has 0 aliphatic carbocycles. The fraction of sp³-hybridized carbons (Fsp3) is 0.182. The molecule has 0 atom stereocenters. The van der Waals surface area contributed by atoms with E-state index in [-0.39, 0.29) is 5.16 Å². The third-order valence-corrected chi connectivity index (χ3v) is 3.25. The van der Waals surface area contributed by atoms with Crippen LogP contribution in [0.15, 0.2) is 41.8 Å². The highest BCUT2D eigenvalue weighted by molar-refractivity contribution is 7.90. The van der Waals surface area contributed by atoms with Crippen LogP contribution in [0.4, 0.5) is 0 Å². The molecule has 0 radical (unpaired) electrons. The first-order valence-corrected chi connectivity index (χ1v) is 6.80. The van der Waals surface area contributed by atoms with E-state index >= 15 is 0 Å². The molecule has 0 saturated heterocycles. The van der Waals surface area contributed by atoms with Crippen molar-refractivity contribution in [3.8, 4) is 11.4 Å². The standard InChI is InChI=1S/C11H12N2O3S/c1-16-10-6-4-3-5-9(10)13-8-7-12-11(13)17(2,14)15/h3-8H,1-2H3. The summed E-state index contributed by atoms with van der Waals surface area (Å²) in [5.74, 6) is 0.593. The third kappa shape index (κ3) is 2.16. The monoisotopic (exact) mass is 252 g/mol. The minimum absolute atomic E-state index is 0.00185. The van der Waals surface area contributed by atoms with Crippen molar-refractivity contribution in [2.75, 3.05) is 13.4 Å². The summed E-state index contributed by atoms with van der Waals surface area (Å²) in [5.41, 5.74) is 0.646. The van der Waals surface area contributed by atoms with Gasteiger partial charge in [0.15, 0.2) is 0 Å². The van der Waals surface area contributed by atoms with E-state index in [2.05, 4.69) is 4.98 Å². The molecule has 0 unspecified atom stereocenters. The molecular weight excluding hydrogens is 240 g/mol. The highest BCUT2D eigenvalue weighted by Gasteiger charge is 2.17. The molecule has 2 aromatic rings. The molecule has 6 heteroatoms. The molecule has 5 nitrogen and oxygen atoms in total.